The molecule has 0 aromatic heterocycles. The van der Waals surface area contributed by atoms with Crippen molar-refractivity contribution in [2.45, 2.75) is 39.7 Å². The highest BCUT2D eigenvalue weighted by Gasteiger charge is 2.23. The standard InChI is InChI=1S/C11H24N2/c1-4-10-5-11(12)8-13(7-10)6-9(2)3/h9-11H,4-8,12H2,1-3H3. The predicted molar refractivity (Wildman–Crippen MR) is 57.7 cm³/mol. The van der Waals surface area contributed by atoms with Crippen molar-refractivity contribution >= 4 is 0 Å². The van der Waals surface area contributed by atoms with Crippen molar-refractivity contribution in [1.82, 2.24) is 4.90 Å². The van der Waals surface area contributed by atoms with E-state index >= 15 is 0 Å². The zero-order valence-corrected chi connectivity index (χ0v) is 9.29. The minimum Gasteiger partial charge on any atom is -0.327 e. The van der Waals surface area contributed by atoms with Gasteiger partial charge in [-0.05, 0) is 18.3 Å². The van der Waals surface area contributed by atoms with Crippen molar-refractivity contribution in [2.24, 2.45) is 17.6 Å². The molecular weight excluding hydrogens is 160 g/mol. The van der Waals surface area contributed by atoms with E-state index in [2.05, 4.69) is 25.7 Å². The molecule has 1 aliphatic heterocycles. The third kappa shape index (κ3) is 3.65. The lowest BCUT2D eigenvalue weighted by atomic mass is 9.92. The van der Waals surface area contributed by atoms with Crippen molar-refractivity contribution in [3.8, 4) is 0 Å². The molecule has 0 spiro atoms. The van der Waals surface area contributed by atoms with Crippen LogP contribution in [0.4, 0.5) is 0 Å². The second-order valence-electron chi connectivity index (χ2n) is 4.88. The molecule has 78 valence electrons. The van der Waals surface area contributed by atoms with Gasteiger partial charge in [-0.25, -0.2) is 0 Å². The number of nitrogens with two attached hydrogens (primary N) is 1. The van der Waals surface area contributed by atoms with Crippen LogP contribution in [0.2, 0.25) is 0 Å². The molecule has 0 aromatic carbocycles. The van der Waals surface area contributed by atoms with Gasteiger partial charge in [0, 0.05) is 25.7 Å². The van der Waals surface area contributed by atoms with Gasteiger partial charge in [0.15, 0.2) is 0 Å². The largest absolute Gasteiger partial charge is 0.327 e. The Morgan fingerprint density at radius 2 is 2.08 bits per heavy atom. The molecule has 1 heterocycles. The van der Waals surface area contributed by atoms with Crippen LogP contribution in [0.15, 0.2) is 0 Å². The lowest BCUT2D eigenvalue weighted by Crippen LogP contribution is -2.47. The highest BCUT2D eigenvalue weighted by atomic mass is 15.1. The number of piperidine rings is 1. The molecule has 1 aliphatic rings. The van der Waals surface area contributed by atoms with Gasteiger partial charge in [0.2, 0.25) is 0 Å². The third-order valence-electron chi connectivity index (χ3n) is 2.85. The monoisotopic (exact) mass is 184 g/mol. The van der Waals surface area contributed by atoms with E-state index in [1.807, 2.05) is 0 Å². The molecule has 0 radical (unpaired) electrons. The molecule has 2 atom stereocenters. The SMILES string of the molecule is CCC1CC(N)CN(CC(C)C)C1. The van der Waals surface area contributed by atoms with Crippen molar-refractivity contribution < 1.29 is 0 Å². The molecule has 2 nitrogen and oxygen atoms in total. The van der Waals surface area contributed by atoms with Gasteiger partial charge in [-0.15, -0.1) is 0 Å². The molecule has 0 bridgehead atoms. The Bertz CT molecular complexity index is 143. The van der Waals surface area contributed by atoms with Gasteiger partial charge in [-0.1, -0.05) is 27.2 Å². The van der Waals surface area contributed by atoms with Crippen LogP contribution in [-0.4, -0.2) is 30.6 Å². The lowest BCUT2D eigenvalue weighted by molar-refractivity contribution is 0.140. The highest BCUT2D eigenvalue weighted by Crippen LogP contribution is 2.19. The fraction of sp³-hybridized carbons (Fsp3) is 1.00. The maximum atomic E-state index is 6.03. The zero-order valence-electron chi connectivity index (χ0n) is 9.29. The first-order valence-corrected chi connectivity index (χ1v) is 5.59. The average Bonchev–Trinajstić information content (AvgIpc) is 2.01. The van der Waals surface area contributed by atoms with Crippen LogP contribution in [0, 0.1) is 11.8 Å². The Balaban J connectivity index is 2.37. The van der Waals surface area contributed by atoms with Gasteiger partial charge in [0.05, 0.1) is 0 Å². The molecule has 0 amide bonds. The van der Waals surface area contributed by atoms with E-state index in [0.29, 0.717) is 6.04 Å². The molecule has 1 rings (SSSR count). The summed E-state index contributed by atoms with van der Waals surface area (Å²) in [7, 11) is 0. The number of rotatable bonds is 3. The van der Waals surface area contributed by atoms with E-state index < -0.39 is 0 Å². The second-order valence-corrected chi connectivity index (χ2v) is 4.88. The van der Waals surface area contributed by atoms with Gasteiger partial charge in [-0.3, -0.25) is 0 Å². The van der Waals surface area contributed by atoms with E-state index in [1.165, 1.54) is 25.9 Å². The van der Waals surface area contributed by atoms with Crippen LogP contribution in [0.1, 0.15) is 33.6 Å². The lowest BCUT2D eigenvalue weighted by Gasteiger charge is -2.36. The predicted octanol–water partition coefficient (Wildman–Crippen LogP) is 1.70. The van der Waals surface area contributed by atoms with E-state index in [9.17, 15) is 0 Å². The molecule has 13 heavy (non-hydrogen) atoms. The molecular formula is C11H24N2. The van der Waals surface area contributed by atoms with E-state index in [0.717, 1.165) is 18.4 Å². The quantitative estimate of drug-likeness (QED) is 0.723. The first-order valence-electron chi connectivity index (χ1n) is 5.59. The average molecular weight is 184 g/mol. The molecule has 1 saturated heterocycles. The number of hydrogen-bond acceptors (Lipinski definition) is 2. The molecule has 2 unspecified atom stereocenters. The minimum atomic E-state index is 0.414. The van der Waals surface area contributed by atoms with Crippen LogP contribution in [0.25, 0.3) is 0 Å². The van der Waals surface area contributed by atoms with Crippen LogP contribution < -0.4 is 5.73 Å². The fourth-order valence-electron chi connectivity index (χ4n) is 2.31. The third-order valence-corrected chi connectivity index (χ3v) is 2.85. The Morgan fingerprint density at radius 3 is 2.62 bits per heavy atom. The van der Waals surface area contributed by atoms with E-state index in [1.54, 1.807) is 0 Å². The normalized spacial score (nSPS) is 31.2. The summed E-state index contributed by atoms with van der Waals surface area (Å²) in [6.07, 6.45) is 2.51. The Kier molecular flexibility index (Phi) is 4.20. The Hall–Kier alpha value is -0.0800. The summed E-state index contributed by atoms with van der Waals surface area (Å²) in [5.41, 5.74) is 6.03. The molecule has 2 N–H and O–H groups in total. The van der Waals surface area contributed by atoms with Gasteiger partial charge in [-0.2, -0.15) is 0 Å². The second kappa shape index (κ2) is 4.97. The number of likely N-dealkylation sites (tertiary alicyclic amines) is 1. The first kappa shape index (κ1) is 11.0. The molecule has 0 saturated carbocycles. The van der Waals surface area contributed by atoms with Crippen molar-refractivity contribution in [1.29, 1.82) is 0 Å². The number of nitrogens with zero attached hydrogens (tertiary/aromatic N) is 1. The summed E-state index contributed by atoms with van der Waals surface area (Å²) in [5, 5.41) is 0. The van der Waals surface area contributed by atoms with Crippen LogP contribution in [-0.2, 0) is 0 Å². The maximum Gasteiger partial charge on any atom is 0.0170 e. The summed E-state index contributed by atoms with van der Waals surface area (Å²) in [6, 6.07) is 0.414. The van der Waals surface area contributed by atoms with Gasteiger partial charge in [0.1, 0.15) is 0 Å². The molecule has 0 aliphatic carbocycles. The maximum absolute atomic E-state index is 6.03. The summed E-state index contributed by atoms with van der Waals surface area (Å²) < 4.78 is 0. The minimum absolute atomic E-state index is 0.414. The highest BCUT2D eigenvalue weighted by molar-refractivity contribution is 4.80. The van der Waals surface area contributed by atoms with Crippen LogP contribution in [0.5, 0.6) is 0 Å². The van der Waals surface area contributed by atoms with Gasteiger partial charge >= 0.3 is 0 Å². The summed E-state index contributed by atoms with van der Waals surface area (Å²) in [4.78, 5) is 2.53. The van der Waals surface area contributed by atoms with Gasteiger partial charge < -0.3 is 10.6 Å². The first-order chi connectivity index (χ1) is 6.11. The van der Waals surface area contributed by atoms with E-state index in [-0.39, 0.29) is 0 Å². The van der Waals surface area contributed by atoms with Crippen molar-refractivity contribution in [3.63, 3.8) is 0 Å². The summed E-state index contributed by atoms with van der Waals surface area (Å²) in [5.74, 6) is 1.60. The zero-order chi connectivity index (χ0) is 9.84. The summed E-state index contributed by atoms with van der Waals surface area (Å²) >= 11 is 0. The van der Waals surface area contributed by atoms with Crippen molar-refractivity contribution in [3.05, 3.63) is 0 Å². The smallest absolute Gasteiger partial charge is 0.0170 e. The Morgan fingerprint density at radius 1 is 1.38 bits per heavy atom. The van der Waals surface area contributed by atoms with E-state index in [4.69, 9.17) is 5.73 Å². The number of hydrogen-bond donors (Lipinski definition) is 1. The topological polar surface area (TPSA) is 29.3 Å². The Labute approximate surface area is 82.5 Å². The molecule has 2 heteroatoms. The van der Waals surface area contributed by atoms with Gasteiger partial charge in [0.25, 0.3) is 0 Å². The van der Waals surface area contributed by atoms with Crippen LogP contribution in [0.3, 0.4) is 0 Å². The summed E-state index contributed by atoms with van der Waals surface area (Å²) in [6.45, 7) is 10.4. The molecule has 1 fully saturated rings. The fourth-order valence-corrected chi connectivity index (χ4v) is 2.31. The van der Waals surface area contributed by atoms with Crippen LogP contribution >= 0.6 is 0 Å². The molecule has 0 aromatic rings. The van der Waals surface area contributed by atoms with Crippen molar-refractivity contribution in [2.75, 3.05) is 19.6 Å².